The minimum Gasteiger partial charge on any atom is -0.481 e. The van der Waals surface area contributed by atoms with E-state index in [9.17, 15) is 14.0 Å². The SMILES string of the molecule is O=C(O)C[C@H]1CN(C(=O)c2ccc(F)cc2Cl)C[C@H]1c1cn[nH]n1. The maximum atomic E-state index is 13.1. The van der Waals surface area contributed by atoms with Crippen LogP contribution in [0.3, 0.4) is 0 Å². The van der Waals surface area contributed by atoms with Gasteiger partial charge in [0.15, 0.2) is 0 Å². The number of halogens is 2. The predicted molar refractivity (Wildman–Crippen MR) is 82.2 cm³/mol. The lowest BCUT2D eigenvalue weighted by atomic mass is 9.91. The average Bonchev–Trinajstić information content (AvgIpc) is 3.15. The topological polar surface area (TPSA) is 99.2 Å². The number of carboxylic acid groups (broad SMARTS) is 1. The van der Waals surface area contributed by atoms with Crippen LogP contribution in [0.4, 0.5) is 4.39 Å². The first-order valence-corrected chi connectivity index (χ1v) is 7.65. The van der Waals surface area contributed by atoms with E-state index in [1.54, 1.807) is 0 Å². The number of rotatable bonds is 4. The van der Waals surface area contributed by atoms with Crippen molar-refractivity contribution in [3.63, 3.8) is 0 Å². The van der Waals surface area contributed by atoms with Gasteiger partial charge in [-0.3, -0.25) is 9.59 Å². The van der Waals surface area contributed by atoms with Crippen molar-refractivity contribution >= 4 is 23.5 Å². The smallest absolute Gasteiger partial charge is 0.303 e. The van der Waals surface area contributed by atoms with E-state index >= 15 is 0 Å². The molecule has 0 aliphatic carbocycles. The number of amides is 1. The van der Waals surface area contributed by atoms with Crippen molar-refractivity contribution in [3.8, 4) is 0 Å². The quantitative estimate of drug-likeness (QED) is 0.875. The third-order valence-corrected chi connectivity index (χ3v) is 4.45. The third kappa shape index (κ3) is 3.23. The molecule has 1 fully saturated rings. The minimum atomic E-state index is -0.942. The Morgan fingerprint density at radius 3 is 2.83 bits per heavy atom. The molecule has 9 heteroatoms. The molecule has 1 aromatic carbocycles. The van der Waals surface area contributed by atoms with Gasteiger partial charge in [0.25, 0.3) is 5.91 Å². The van der Waals surface area contributed by atoms with Crippen molar-refractivity contribution in [2.75, 3.05) is 13.1 Å². The first kappa shape index (κ1) is 16.4. The number of carboxylic acids is 1. The number of likely N-dealkylation sites (tertiary alicyclic amines) is 1. The van der Waals surface area contributed by atoms with Gasteiger partial charge in [-0.05, 0) is 24.1 Å². The highest BCUT2D eigenvalue weighted by Crippen LogP contribution is 2.35. The molecule has 24 heavy (non-hydrogen) atoms. The molecule has 0 bridgehead atoms. The number of nitrogens with one attached hydrogen (secondary N) is 1. The number of aromatic amines is 1. The Labute approximate surface area is 141 Å². The summed E-state index contributed by atoms with van der Waals surface area (Å²) in [6, 6.07) is 3.57. The Kier molecular flexibility index (Phi) is 4.48. The molecule has 126 valence electrons. The Morgan fingerprint density at radius 2 is 2.21 bits per heavy atom. The molecule has 0 unspecified atom stereocenters. The molecule has 2 heterocycles. The lowest BCUT2D eigenvalue weighted by molar-refractivity contribution is -0.138. The van der Waals surface area contributed by atoms with Crippen LogP contribution in [-0.4, -0.2) is 50.4 Å². The first-order chi connectivity index (χ1) is 11.5. The second-order valence-corrected chi connectivity index (χ2v) is 6.10. The van der Waals surface area contributed by atoms with E-state index in [0.717, 1.165) is 6.07 Å². The number of benzene rings is 1. The molecule has 2 aromatic rings. The van der Waals surface area contributed by atoms with E-state index in [1.807, 2.05) is 0 Å². The largest absolute Gasteiger partial charge is 0.481 e. The lowest BCUT2D eigenvalue weighted by Crippen LogP contribution is -2.29. The van der Waals surface area contributed by atoms with Crippen molar-refractivity contribution < 1.29 is 19.1 Å². The Morgan fingerprint density at radius 1 is 1.42 bits per heavy atom. The summed E-state index contributed by atoms with van der Waals surface area (Å²) in [5.74, 6) is -2.34. The number of nitrogens with zero attached hydrogens (tertiary/aromatic N) is 3. The van der Waals surface area contributed by atoms with Gasteiger partial charge in [0, 0.05) is 19.0 Å². The molecule has 1 aliphatic heterocycles. The second-order valence-electron chi connectivity index (χ2n) is 5.69. The zero-order chi connectivity index (χ0) is 17.3. The van der Waals surface area contributed by atoms with Gasteiger partial charge in [0.1, 0.15) is 5.82 Å². The predicted octanol–water partition coefficient (Wildman–Crippen LogP) is 1.93. The second kappa shape index (κ2) is 6.56. The fraction of sp³-hybridized carbons (Fsp3) is 0.333. The summed E-state index contributed by atoms with van der Waals surface area (Å²) < 4.78 is 13.1. The fourth-order valence-corrected chi connectivity index (χ4v) is 3.27. The Hall–Kier alpha value is -2.48. The summed E-state index contributed by atoms with van der Waals surface area (Å²) in [7, 11) is 0. The van der Waals surface area contributed by atoms with Crippen LogP contribution in [-0.2, 0) is 4.79 Å². The van der Waals surface area contributed by atoms with Crippen LogP contribution in [0.5, 0.6) is 0 Å². The number of carbonyl (C=O) groups excluding carboxylic acids is 1. The van der Waals surface area contributed by atoms with Crippen molar-refractivity contribution in [1.29, 1.82) is 0 Å². The third-order valence-electron chi connectivity index (χ3n) is 4.14. The molecule has 0 spiro atoms. The van der Waals surface area contributed by atoms with Gasteiger partial charge in [0.2, 0.25) is 0 Å². The van der Waals surface area contributed by atoms with Crippen LogP contribution < -0.4 is 0 Å². The van der Waals surface area contributed by atoms with E-state index in [4.69, 9.17) is 16.7 Å². The van der Waals surface area contributed by atoms with E-state index in [2.05, 4.69) is 15.4 Å². The van der Waals surface area contributed by atoms with E-state index in [1.165, 1.54) is 23.2 Å². The highest BCUT2D eigenvalue weighted by Gasteiger charge is 2.39. The van der Waals surface area contributed by atoms with Crippen LogP contribution in [0.2, 0.25) is 5.02 Å². The summed E-state index contributed by atoms with van der Waals surface area (Å²) in [6.45, 7) is 0.563. The van der Waals surface area contributed by atoms with Crippen molar-refractivity contribution in [1.82, 2.24) is 20.3 Å². The minimum absolute atomic E-state index is 0.0275. The molecule has 1 amide bonds. The molecule has 2 N–H and O–H groups in total. The van der Waals surface area contributed by atoms with Gasteiger partial charge < -0.3 is 10.0 Å². The molecule has 1 aromatic heterocycles. The number of carbonyl (C=O) groups is 2. The summed E-state index contributed by atoms with van der Waals surface area (Å²) in [4.78, 5) is 25.3. The highest BCUT2D eigenvalue weighted by atomic mass is 35.5. The number of hydrogen-bond acceptors (Lipinski definition) is 4. The summed E-state index contributed by atoms with van der Waals surface area (Å²) in [5, 5.41) is 19.4. The van der Waals surface area contributed by atoms with Gasteiger partial charge in [-0.15, -0.1) is 0 Å². The van der Waals surface area contributed by atoms with Gasteiger partial charge in [-0.2, -0.15) is 15.4 Å². The van der Waals surface area contributed by atoms with E-state index in [0.29, 0.717) is 12.2 Å². The number of H-pyrrole nitrogens is 1. The maximum absolute atomic E-state index is 13.1. The van der Waals surface area contributed by atoms with E-state index < -0.39 is 11.8 Å². The van der Waals surface area contributed by atoms with E-state index in [-0.39, 0.29) is 41.3 Å². The van der Waals surface area contributed by atoms with Crippen LogP contribution in [0.25, 0.3) is 0 Å². The van der Waals surface area contributed by atoms with Crippen LogP contribution in [0.15, 0.2) is 24.4 Å². The summed E-state index contributed by atoms with van der Waals surface area (Å²) in [5.41, 5.74) is 0.801. The monoisotopic (exact) mass is 352 g/mol. The highest BCUT2D eigenvalue weighted by molar-refractivity contribution is 6.33. The van der Waals surface area contributed by atoms with Gasteiger partial charge in [-0.1, -0.05) is 11.6 Å². The summed E-state index contributed by atoms with van der Waals surface area (Å²) in [6.07, 6.45) is 1.44. The van der Waals surface area contributed by atoms with Crippen molar-refractivity contribution in [2.45, 2.75) is 12.3 Å². The van der Waals surface area contributed by atoms with Gasteiger partial charge >= 0.3 is 5.97 Å². The zero-order valence-electron chi connectivity index (χ0n) is 12.4. The molecule has 0 saturated carbocycles. The molecule has 7 nitrogen and oxygen atoms in total. The Bertz CT molecular complexity index is 768. The fourth-order valence-electron chi connectivity index (χ4n) is 3.03. The number of hydrogen-bond donors (Lipinski definition) is 2. The molecule has 1 saturated heterocycles. The first-order valence-electron chi connectivity index (χ1n) is 7.27. The van der Waals surface area contributed by atoms with Crippen LogP contribution in [0, 0.1) is 11.7 Å². The van der Waals surface area contributed by atoms with Gasteiger partial charge in [0.05, 0.1) is 28.9 Å². The number of aliphatic carboxylic acids is 1. The molecule has 2 atom stereocenters. The molecule has 3 rings (SSSR count). The molecular formula is C15H14ClFN4O3. The average molecular weight is 353 g/mol. The van der Waals surface area contributed by atoms with Gasteiger partial charge in [-0.25, -0.2) is 4.39 Å². The molecule has 0 radical (unpaired) electrons. The standard InChI is InChI=1S/C15H14ClFN4O3/c16-12-4-9(17)1-2-10(12)15(24)21-6-8(3-14(22)23)11(7-21)13-5-18-20-19-13/h1-2,4-5,8,11H,3,6-7H2,(H,22,23)(H,18,19,20)/t8-,11+/m0/s1. The van der Waals surface area contributed by atoms with Crippen molar-refractivity contribution in [3.05, 3.63) is 46.5 Å². The molecular weight excluding hydrogens is 339 g/mol. The summed E-state index contributed by atoms with van der Waals surface area (Å²) >= 11 is 5.95. The molecule has 1 aliphatic rings. The zero-order valence-corrected chi connectivity index (χ0v) is 13.2. The maximum Gasteiger partial charge on any atom is 0.303 e. The normalized spacial score (nSPS) is 20.3. The lowest BCUT2D eigenvalue weighted by Gasteiger charge is -2.17. The van der Waals surface area contributed by atoms with Crippen LogP contribution >= 0.6 is 11.6 Å². The number of aromatic nitrogens is 3. The van der Waals surface area contributed by atoms with Crippen molar-refractivity contribution in [2.24, 2.45) is 5.92 Å². The Balaban J connectivity index is 1.84. The van der Waals surface area contributed by atoms with Crippen LogP contribution in [0.1, 0.15) is 28.4 Å².